The number of rotatable bonds is 2. The number of carbonyl (C=O) groups excluding carboxylic acids is 1. The van der Waals surface area contributed by atoms with Crippen molar-refractivity contribution >= 4 is 17.6 Å². The molecule has 98 valence electrons. The average Bonchev–Trinajstić information content (AvgIpc) is 2.82. The van der Waals surface area contributed by atoms with Crippen molar-refractivity contribution in [1.29, 1.82) is 0 Å². The van der Waals surface area contributed by atoms with E-state index in [-0.39, 0.29) is 5.78 Å². The van der Waals surface area contributed by atoms with Gasteiger partial charge in [0, 0.05) is 11.6 Å². The first-order valence-electron chi connectivity index (χ1n) is 6.50. The molecule has 0 spiro atoms. The van der Waals surface area contributed by atoms with Crippen LogP contribution in [0, 0.1) is 6.92 Å². The second-order valence-corrected chi connectivity index (χ2v) is 4.76. The fraction of sp³-hybridized carbons (Fsp3) is 0.0556. The lowest BCUT2D eigenvalue weighted by Gasteiger charge is -2.04. The van der Waals surface area contributed by atoms with Crippen molar-refractivity contribution in [1.82, 2.24) is 0 Å². The normalized spacial score (nSPS) is 16.1. The molecule has 0 saturated carbocycles. The maximum atomic E-state index is 12.0. The molecule has 0 fully saturated rings. The molecular formula is C18H14O2. The smallest absolute Gasteiger partial charge is 0.224 e. The molecule has 3 rings (SSSR count). The van der Waals surface area contributed by atoms with Gasteiger partial charge in [0.25, 0.3) is 0 Å². The summed E-state index contributed by atoms with van der Waals surface area (Å²) in [4.78, 5) is 12.0. The Morgan fingerprint density at radius 3 is 2.35 bits per heavy atom. The van der Waals surface area contributed by atoms with Crippen molar-refractivity contribution < 1.29 is 9.53 Å². The van der Waals surface area contributed by atoms with Crippen molar-refractivity contribution in [3.63, 3.8) is 0 Å². The quantitative estimate of drug-likeness (QED) is 0.765. The van der Waals surface area contributed by atoms with Gasteiger partial charge in [-0.05, 0) is 18.6 Å². The highest BCUT2D eigenvalue weighted by molar-refractivity contribution is 6.12. The van der Waals surface area contributed by atoms with Crippen LogP contribution in [0.15, 0.2) is 66.4 Å². The standard InChI is InChI=1S/C18H14O2/c1-13-7-9-15(10-8-13)17-12-16(19)18(20-17)11-14-5-3-2-4-6-14/h2-12H,1H3/b18-11+. The highest BCUT2D eigenvalue weighted by Crippen LogP contribution is 2.27. The maximum Gasteiger partial charge on any atom is 0.224 e. The van der Waals surface area contributed by atoms with Crippen LogP contribution < -0.4 is 0 Å². The summed E-state index contributed by atoms with van der Waals surface area (Å²) >= 11 is 0. The van der Waals surface area contributed by atoms with Gasteiger partial charge in [0.1, 0.15) is 5.76 Å². The fourth-order valence-corrected chi connectivity index (χ4v) is 2.05. The number of allylic oxidation sites excluding steroid dienone is 1. The Balaban J connectivity index is 1.86. The van der Waals surface area contributed by atoms with Gasteiger partial charge in [-0.1, -0.05) is 60.2 Å². The summed E-state index contributed by atoms with van der Waals surface area (Å²) in [6.07, 6.45) is 3.31. The molecule has 0 bridgehead atoms. The predicted octanol–water partition coefficient (Wildman–Crippen LogP) is 3.98. The number of carbonyl (C=O) groups is 1. The van der Waals surface area contributed by atoms with Crippen LogP contribution >= 0.6 is 0 Å². The van der Waals surface area contributed by atoms with Gasteiger partial charge in [-0.2, -0.15) is 0 Å². The van der Waals surface area contributed by atoms with Crippen molar-refractivity contribution in [2.75, 3.05) is 0 Å². The fourth-order valence-electron chi connectivity index (χ4n) is 2.05. The molecule has 0 N–H and O–H groups in total. The predicted molar refractivity (Wildman–Crippen MR) is 79.7 cm³/mol. The number of ether oxygens (including phenoxy) is 1. The second-order valence-electron chi connectivity index (χ2n) is 4.76. The van der Waals surface area contributed by atoms with Crippen molar-refractivity contribution in [2.45, 2.75) is 6.92 Å². The number of aryl methyl sites for hydroxylation is 1. The minimum atomic E-state index is -0.0931. The second kappa shape index (κ2) is 5.17. The summed E-state index contributed by atoms with van der Waals surface area (Å²) < 4.78 is 5.68. The average molecular weight is 262 g/mol. The molecule has 0 radical (unpaired) electrons. The van der Waals surface area contributed by atoms with Gasteiger partial charge in [0.15, 0.2) is 5.76 Å². The van der Waals surface area contributed by atoms with Gasteiger partial charge in [-0.3, -0.25) is 4.79 Å². The molecule has 2 aromatic carbocycles. The minimum absolute atomic E-state index is 0.0931. The van der Waals surface area contributed by atoms with Crippen molar-refractivity contribution in [2.24, 2.45) is 0 Å². The summed E-state index contributed by atoms with van der Waals surface area (Å²) in [5, 5.41) is 0. The van der Waals surface area contributed by atoms with Gasteiger partial charge in [0.2, 0.25) is 5.78 Å². The zero-order chi connectivity index (χ0) is 13.9. The van der Waals surface area contributed by atoms with Gasteiger partial charge < -0.3 is 4.74 Å². The van der Waals surface area contributed by atoms with E-state index < -0.39 is 0 Å². The number of hydrogen-bond acceptors (Lipinski definition) is 2. The Kier molecular flexibility index (Phi) is 3.21. The Morgan fingerprint density at radius 2 is 1.65 bits per heavy atom. The van der Waals surface area contributed by atoms with Crippen LogP contribution in [-0.2, 0) is 9.53 Å². The first-order chi connectivity index (χ1) is 9.72. The van der Waals surface area contributed by atoms with Crippen LogP contribution in [0.1, 0.15) is 16.7 Å². The van der Waals surface area contributed by atoms with Crippen LogP contribution in [0.4, 0.5) is 0 Å². The summed E-state index contributed by atoms with van der Waals surface area (Å²) in [5.41, 5.74) is 3.05. The van der Waals surface area contributed by atoms with Crippen LogP contribution in [0.3, 0.4) is 0 Å². The Bertz CT molecular complexity index is 692. The molecule has 0 amide bonds. The third kappa shape index (κ3) is 2.54. The number of ketones is 1. The SMILES string of the molecule is Cc1ccc(C2=CC(=O)/C(=C\c3ccccc3)O2)cc1. The van der Waals surface area contributed by atoms with E-state index in [9.17, 15) is 4.79 Å². The first kappa shape index (κ1) is 12.4. The Morgan fingerprint density at radius 1 is 0.950 bits per heavy atom. The molecule has 20 heavy (non-hydrogen) atoms. The molecule has 1 heterocycles. The molecule has 2 nitrogen and oxygen atoms in total. The van der Waals surface area contributed by atoms with Crippen LogP contribution in [-0.4, -0.2) is 5.78 Å². The molecule has 0 atom stereocenters. The highest BCUT2D eigenvalue weighted by Gasteiger charge is 2.21. The third-order valence-electron chi connectivity index (χ3n) is 3.16. The number of hydrogen-bond donors (Lipinski definition) is 0. The van der Waals surface area contributed by atoms with E-state index in [0.717, 1.165) is 11.1 Å². The maximum absolute atomic E-state index is 12.0. The summed E-state index contributed by atoms with van der Waals surface area (Å²) in [7, 11) is 0. The Labute approximate surface area is 118 Å². The lowest BCUT2D eigenvalue weighted by atomic mass is 10.1. The molecule has 1 aliphatic heterocycles. The molecule has 2 heteroatoms. The monoisotopic (exact) mass is 262 g/mol. The first-order valence-corrected chi connectivity index (χ1v) is 6.50. The van der Waals surface area contributed by atoms with E-state index >= 15 is 0 Å². The lowest BCUT2D eigenvalue weighted by Crippen LogP contribution is -1.93. The molecule has 2 aromatic rings. The van der Waals surface area contributed by atoms with Crippen molar-refractivity contribution in [3.8, 4) is 0 Å². The summed E-state index contributed by atoms with van der Waals surface area (Å²) in [6, 6.07) is 17.6. The van der Waals surface area contributed by atoms with E-state index in [4.69, 9.17) is 4.74 Å². The molecule has 0 aliphatic carbocycles. The van der Waals surface area contributed by atoms with Gasteiger partial charge in [0.05, 0.1) is 0 Å². The van der Waals surface area contributed by atoms with E-state index in [1.807, 2.05) is 61.5 Å². The summed E-state index contributed by atoms with van der Waals surface area (Å²) in [5.74, 6) is 0.883. The van der Waals surface area contributed by atoms with Crippen molar-refractivity contribution in [3.05, 3.63) is 83.1 Å². The van der Waals surface area contributed by atoms with Gasteiger partial charge in [-0.25, -0.2) is 0 Å². The zero-order valence-corrected chi connectivity index (χ0v) is 11.2. The molecule has 0 aromatic heterocycles. The molecular weight excluding hydrogens is 248 g/mol. The summed E-state index contributed by atoms with van der Waals surface area (Å²) in [6.45, 7) is 2.03. The van der Waals surface area contributed by atoms with E-state index in [2.05, 4.69) is 0 Å². The third-order valence-corrected chi connectivity index (χ3v) is 3.16. The van der Waals surface area contributed by atoms with Crippen LogP contribution in [0.2, 0.25) is 0 Å². The topological polar surface area (TPSA) is 26.3 Å². The zero-order valence-electron chi connectivity index (χ0n) is 11.2. The van der Waals surface area contributed by atoms with E-state index in [1.165, 1.54) is 5.56 Å². The van der Waals surface area contributed by atoms with Gasteiger partial charge >= 0.3 is 0 Å². The van der Waals surface area contributed by atoms with Crippen LogP contribution in [0.25, 0.3) is 11.8 Å². The number of benzene rings is 2. The lowest BCUT2D eigenvalue weighted by molar-refractivity contribution is -0.112. The molecule has 0 saturated heterocycles. The highest BCUT2D eigenvalue weighted by atomic mass is 16.5. The minimum Gasteiger partial charge on any atom is -0.452 e. The Hall–Kier alpha value is -2.61. The van der Waals surface area contributed by atoms with Crippen LogP contribution in [0.5, 0.6) is 0 Å². The van der Waals surface area contributed by atoms with E-state index in [0.29, 0.717) is 11.5 Å². The molecule has 0 unspecified atom stereocenters. The van der Waals surface area contributed by atoms with Gasteiger partial charge in [-0.15, -0.1) is 0 Å². The largest absolute Gasteiger partial charge is 0.452 e. The molecule has 1 aliphatic rings. The van der Waals surface area contributed by atoms with E-state index in [1.54, 1.807) is 12.2 Å².